The van der Waals surface area contributed by atoms with Crippen LogP contribution in [0.15, 0.2) is 209 Å². The summed E-state index contributed by atoms with van der Waals surface area (Å²) in [5.41, 5.74) is 19.2. The molecule has 11 aromatic rings. The van der Waals surface area contributed by atoms with Crippen molar-refractivity contribution < 1.29 is 8.83 Å². The van der Waals surface area contributed by atoms with Gasteiger partial charge in [0.2, 0.25) is 0 Å². The third-order valence-electron chi connectivity index (χ3n) is 12.7. The van der Waals surface area contributed by atoms with E-state index in [0.29, 0.717) is 0 Å². The van der Waals surface area contributed by atoms with Crippen LogP contribution in [0.4, 0.5) is 17.1 Å². The van der Waals surface area contributed by atoms with E-state index in [-0.39, 0.29) is 5.41 Å². The summed E-state index contributed by atoms with van der Waals surface area (Å²) in [4.78, 5) is 2.34. The van der Waals surface area contributed by atoms with Crippen LogP contribution in [0.1, 0.15) is 25.0 Å². The summed E-state index contributed by atoms with van der Waals surface area (Å²) < 4.78 is 12.6. The lowest BCUT2D eigenvalue weighted by Gasteiger charge is -2.26. The second-order valence-corrected chi connectivity index (χ2v) is 16.5. The maximum absolute atomic E-state index is 6.43. The zero-order valence-corrected chi connectivity index (χ0v) is 33.3. The molecule has 0 saturated heterocycles. The highest BCUT2D eigenvalue weighted by molar-refractivity contribution is 6.10. The Morgan fingerprint density at radius 2 is 0.817 bits per heavy atom. The topological polar surface area (TPSA) is 29.5 Å². The maximum atomic E-state index is 6.43. The summed E-state index contributed by atoms with van der Waals surface area (Å²) in [6, 6.07) is 72.0. The van der Waals surface area contributed by atoms with Gasteiger partial charge in [-0.3, -0.25) is 0 Å². The van der Waals surface area contributed by atoms with E-state index < -0.39 is 0 Å². The number of benzene rings is 9. The van der Waals surface area contributed by atoms with Crippen LogP contribution in [-0.2, 0) is 5.41 Å². The van der Waals surface area contributed by atoms with Crippen LogP contribution in [0.5, 0.6) is 0 Å². The molecule has 3 nitrogen and oxygen atoms in total. The second-order valence-electron chi connectivity index (χ2n) is 16.5. The summed E-state index contributed by atoms with van der Waals surface area (Å²) in [5.74, 6) is 0. The van der Waals surface area contributed by atoms with Crippen molar-refractivity contribution in [1.82, 2.24) is 0 Å². The minimum absolute atomic E-state index is 0.0506. The van der Waals surface area contributed by atoms with Crippen molar-refractivity contribution in [1.29, 1.82) is 0 Å². The molecule has 0 unspecified atom stereocenters. The molecule has 1 aliphatic rings. The third-order valence-corrected chi connectivity index (χ3v) is 12.7. The van der Waals surface area contributed by atoms with Crippen molar-refractivity contribution in [3.05, 3.63) is 211 Å². The zero-order valence-electron chi connectivity index (χ0n) is 33.3. The van der Waals surface area contributed by atoms with E-state index in [1.807, 2.05) is 24.3 Å². The smallest absolute Gasteiger partial charge is 0.143 e. The molecule has 0 radical (unpaired) electrons. The largest absolute Gasteiger partial charge is 0.456 e. The molecule has 0 bridgehead atoms. The van der Waals surface area contributed by atoms with Crippen molar-refractivity contribution in [2.24, 2.45) is 0 Å². The van der Waals surface area contributed by atoms with E-state index in [9.17, 15) is 0 Å². The summed E-state index contributed by atoms with van der Waals surface area (Å²) in [6.07, 6.45) is 0. The molecule has 0 atom stereocenters. The van der Waals surface area contributed by atoms with E-state index >= 15 is 0 Å². The number of furan rings is 2. The molecule has 1 aliphatic carbocycles. The molecule has 2 heterocycles. The molecule has 0 saturated carbocycles. The van der Waals surface area contributed by atoms with E-state index in [1.54, 1.807) is 0 Å². The first-order valence-electron chi connectivity index (χ1n) is 20.7. The highest BCUT2D eigenvalue weighted by Gasteiger charge is 2.35. The highest BCUT2D eigenvalue weighted by atomic mass is 16.3. The summed E-state index contributed by atoms with van der Waals surface area (Å²) >= 11 is 0. The predicted octanol–water partition coefficient (Wildman–Crippen LogP) is 16.3. The van der Waals surface area contributed by atoms with Gasteiger partial charge < -0.3 is 13.7 Å². The van der Waals surface area contributed by atoms with E-state index in [4.69, 9.17) is 8.83 Å². The summed E-state index contributed by atoms with van der Waals surface area (Å²) in [6.45, 7) is 4.68. The Labute approximate surface area is 348 Å². The predicted molar refractivity (Wildman–Crippen MR) is 250 cm³/mol. The number of fused-ring (bicyclic) bond motifs is 9. The first-order valence-corrected chi connectivity index (χ1v) is 20.7. The van der Waals surface area contributed by atoms with E-state index in [0.717, 1.165) is 83.2 Å². The van der Waals surface area contributed by atoms with Gasteiger partial charge in [-0.2, -0.15) is 0 Å². The fraction of sp³-hybridized carbons (Fsp3) is 0.0526. The van der Waals surface area contributed by atoms with Crippen molar-refractivity contribution in [3.8, 4) is 44.5 Å². The summed E-state index contributed by atoms with van der Waals surface area (Å²) in [7, 11) is 0. The fourth-order valence-corrected chi connectivity index (χ4v) is 9.61. The van der Waals surface area contributed by atoms with Gasteiger partial charge in [-0.15, -0.1) is 0 Å². The molecule has 284 valence electrons. The lowest BCUT2D eigenvalue weighted by Crippen LogP contribution is -2.14. The Bertz CT molecular complexity index is 3440. The molecule has 0 amide bonds. The Balaban J connectivity index is 0.926. The monoisotopic (exact) mass is 769 g/mol. The molecule has 0 N–H and O–H groups in total. The van der Waals surface area contributed by atoms with E-state index in [1.165, 1.54) is 33.4 Å². The first-order chi connectivity index (χ1) is 29.5. The molecule has 60 heavy (non-hydrogen) atoms. The molecular formula is C57H39NO2. The number of hydrogen-bond acceptors (Lipinski definition) is 3. The molecule has 12 rings (SSSR count). The average molecular weight is 770 g/mol. The van der Waals surface area contributed by atoms with Crippen LogP contribution < -0.4 is 4.90 Å². The third kappa shape index (κ3) is 5.36. The maximum Gasteiger partial charge on any atom is 0.143 e. The number of anilines is 3. The lowest BCUT2D eigenvalue weighted by molar-refractivity contribution is 0.660. The standard InChI is InChI=1S/C57H39NO2/c1-57(2)51-15-6-3-10-45(51)46-32-24-40(35-52(46)57)37-20-28-42(29-21-37)58(41-26-18-36(19-27-41)39-25-33-55-50(34-39)48-12-5-7-16-53(48)59-55)43-30-22-38(23-31-43)44-13-9-14-49-47-11-4-8-17-54(47)60-56(44)49/h3-35H,1-2H3. The lowest BCUT2D eigenvalue weighted by atomic mass is 9.81. The Kier molecular flexibility index (Phi) is 7.58. The molecule has 2 aromatic heterocycles. The molecule has 0 fully saturated rings. The quantitative estimate of drug-likeness (QED) is 0.169. The number of hydrogen-bond donors (Lipinski definition) is 0. The van der Waals surface area contributed by atoms with Gasteiger partial charge in [0, 0.05) is 49.6 Å². The van der Waals surface area contributed by atoms with Gasteiger partial charge in [0.25, 0.3) is 0 Å². The Hall–Kier alpha value is -7.62. The van der Waals surface area contributed by atoms with Crippen LogP contribution in [-0.4, -0.2) is 0 Å². The molecule has 3 heteroatoms. The Morgan fingerprint density at radius 3 is 1.52 bits per heavy atom. The van der Waals surface area contributed by atoms with Crippen molar-refractivity contribution >= 4 is 60.9 Å². The van der Waals surface area contributed by atoms with Crippen LogP contribution in [0, 0.1) is 0 Å². The first kappa shape index (κ1) is 34.4. The SMILES string of the molecule is CC1(C)c2ccccc2-c2ccc(-c3ccc(N(c4ccc(-c5ccc6oc7ccccc7c6c5)cc4)c4ccc(-c5cccc6c5oc5ccccc56)cc4)cc3)cc21. The minimum atomic E-state index is -0.0506. The van der Waals surface area contributed by atoms with Gasteiger partial charge >= 0.3 is 0 Å². The molecule has 9 aromatic carbocycles. The van der Waals surface area contributed by atoms with Crippen LogP contribution in [0.3, 0.4) is 0 Å². The van der Waals surface area contributed by atoms with Crippen LogP contribution in [0.2, 0.25) is 0 Å². The van der Waals surface area contributed by atoms with Gasteiger partial charge in [-0.25, -0.2) is 0 Å². The van der Waals surface area contributed by atoms with Gasteiger partial charge in [0.15, 0.2) is 0 Å². The number of para-hydroxylation sites is 3. The van der Waals surface area contributed by atoms with Gasteiger partial charge in [-0.1, -0.05) is 147 Å². The fourth-order valence-electron chi connectivity index (χ4n) is 9.61. The molecule has 0 spiro atoms. The second kappa shape index (κ2) is 13.2. The van der Waals surface area contributed by atoms with E-state index in [2.05, 4.69) is 195 Å². The Morgan fingerprint density at radius 1 is 0.333 bits per heavy atom. The average Bonchev–Trinajstić information content (AvgIpc) is 3.94. The molecular weight excluding hydrogens is 731 g/mol. The highest BCUT2D eigenvalue weighted by Crippen LogP contribution is 2.50. The van der Waals surface area contributed by atoms with Gasteiger partial charge in [-0.05, 0) is 117 Å². The van der Waals surface area contributed by atoms with Crippen LogP contribution >= 0.6 is 0 Å². The van der Waals surface area contributed by atoms with Crippen molar-refractivity contribution in [2.45, 2.75) is 19.3 Å². The van der Waals surface area contributed by atoms with Gasteiger partial charge in [0.1, 0.15) is 22.3 Å². The number of rotatable bonds is 6. The summed E-state index contributed by atoms with van der Waals surface area (Å²) in [5, 5.41) is 4.53. The molecule has 0 aliphatic heterocycles. The van der Waals surface area contributed by atoms with Crippen molar-refractivity contribution in [2.75, 3.05) is 4.90 Å². The van der Waals surface area contributed by atoms with Crippen molar-refractivity contribution in [3.63, 3.8) is 0 Å². The van der Waals surface area contributed by atoms with Gasteiger partial charge in [0.05, 0.1) is 0 Å². The van der Waals surface area contributed by atoms with Crippen LogP contribution in [0.25, 0.3) is 88.4 Å². The number of nitrogens with zero attached hydrogens (tertiary/aromatic N) is 1. The minimum Gasteiger partial charge on any atom is -0.456 e. The zero-order chi connectivity index (χ0) is 40.0. The normalized spacial score (nSPS) is 13.0.